The zero-order valence-electron chi connectivity index (χ0n) is 9.93. The van der Waals surface area contributed by atoms with Gasteiger partial charge in [-0.3, -0.25) is 9.59 Å². The van der Waals surface area contributed by atoms with Crippen LogP contribution in [0.2, 0.25) is 0 Å². The number of halogens is 1. The van der Waals surface area contributed by atoms with E-state index in [1.165, 1.54) is 0 Å². The summed E-state index contributed by atoms with van der Waals surface area (Å²) in [6.07, 6.45) is 2.68. The largest absolute Gasteiger partial charge is 0.481 e. The molecular weight excluding hydrogens is 343 g/mol. The predicted octanol–water partition coefficient (Wildman–Crippen LogP) is 3.36. The summed E-state index contributed by atoms with van der Waals surface area (Å²) >= 11 is 2.16. The highest BCUT2D eigenvalue weighted by Crippen LogP contribution is 2.34. The Hall–Kier alpha value is -0.910. The Morgan fingerprint density at radius 1 is 1.28 bits per heavy atom. The van der Waals surface area contributed by atoms with E-state index in [2.05, 4.69) is 22.6 Å². The van der Waals surface area contributed by atoms with Crippen LogP contribution in [-0.2, 0) is 4.79 Å². The SMILES string of the molecule is O=C(C[C@H]1CC[C@@H](C(=O)O)C1)c1ccccc1I. The minimum absolute atomic E-state index is 0.135. The van der Waals surface area contributed by atoms with Crippen LogP contribution in [0.5, 0.6) is 0 Å². The van der Waals surface area contributed by atoms with Crippen LogP contribution >= 0.6 is 22.6 Å². The molecule has 1 aromatic carbocycles. The van der Waals surface area contributed by atoms with E-state index in [0.29, 0.717) is 19.3 Å². The van der Waals surface area contributed by atoms with Gasteiger partial charge in [0.2, 0.25) is 0 Å². The monoisotopic (exact) mass is 358 g/mol. The Morgan fingerprint density at radius 3 is 2.61 bits per heavy atom. The number of hydrogen-bond donors (Lipinski definition) is 1. The van der Waals surface area contributed by atoms with E-state index < -0.39 is 5.97 Å². The van der Waals surface area contributed by atoms with Crippen molar-refractivity contribution in [3.8, 4) is 0 Å². The number of benzene rings is 1. The van der Waals surface area contributed by atoms with Gasteiger partial charge in [0.05, 0.1) is 5.92 Å². The molecule has 1 aliphatic rings. The molecule has 0 unspecified atom stereocenters. The van der Waals surface area contributed by atoms with Gasteiger partial charge in [0.1, 0.15) is 0 Å². The van der Waals surface area contributed by atoms with Crippen molar-refractivity contribution in [2.24, 2.45) is 11.8 Å². The third-order valence-electron chi connectivity index (χ3n) is 3.54. The molecule has 96 valence electrons. The molecule has 1 N–H and O–H groups in total. The zero-order chi connectivity index (χ0) is 13.1. The Bertz CT molecular complexity index is 470. The van der Waals surface area contributed by atoms with Gasteiger partial charge in [0.25, 0.3) is 0 Å². The normalized spacial score (nSPS) is 22.9. The van der Waals surface area contributed by atoms with Crippen molar-refractivity contribution >= 4 is 34.3 Å². The minimum Gasteiger partial charge on any atom is -0.481 e. The van der Waals surface area contributed by atoms with Crippen LogP contribution in [0.15, 0.2) is 24.3 Å². The first kappa shape index (κ1) is 13.5. The highest BCUT2D eigenvalue weighted by Gasteiger charge is 2.31. The molecular formula is C14H15IO3. The molecule has 1 aromatic rings. The molecule has 0 heterocycles. The smallest absolute Gasteiger partial charge is 0.306 e. The molecule has 1 fully saturated rings. The lowest BCUT2D eigenvalue weighted by molar-refractivity contribution is -0.141. The summed E-state index contributed by atoms with van der Waals surface area (Å²) in [7, 11) is 0. The predicted molar refractivity (Wildman–Crippen MR) is 76.6 cm³/mol. The summed E-state index contributed by atoms with van der Waals surface area (Å²) in [5, 5.41) is 8.94. The lowest BCUT2D eigenvalue weighted by atomic mass is 9.96. The topological polar surface area (TPSA) is 54.4 Å². The molecule has 1 saturated carbocycles. The Labute approximate surface area is 120 Å². The molecule has 0 amide bonds. The van der Waals surface area contributed by atoms with Gasteiger partial charge < -0.3 is 5.11 Å². The number of hydrogen-bond acceptors (Lipinski definition) is 2. The summed E-state index contributed by atoms with van der Waals surface area (Å²) in [5.41, 5.74) is 0.761. The van der Waals surface area contributed by atoms with Gasteiger partial charge in [-0.2, -0.15) is 0 Å². The molecule has 2 rings (SSSR count). The molecule has 4 heteroatoms. The maximum atomic E-state index is 12.1. The fourth-order valence-electron chi connectivity index (χ4n) is 2.54. The average Bonchev–Trinajstić information content (AvgIpc) is 2.78. The molecule has 1 aliphatic carbocycles. The van der Waals surface area contributed by atoms with Gasteiger partial charge in [0, 0.05) is 15.6 Å². The van der Waals surface area contributed by atoms with Crippen molar-refractivity contribution in [1.82, 2.24) is 0 Å². The van der Waals surface area contributed by atoms with E-state index in [1.54, 1.807) is 0 Å². The highest BCUT2D eigenvalue weighted by atomic mass is 127. The molecule has 0 radical (unpaired) electrons. The van der Waals surface area contributed by atoms with Crippen molar-refractivity contribution in [2.75, 3.05) is 0 Å². The molecule has 0 bridgehead atoms. The lowest BCUT2D eigenvalue weighted by Gasteiger charge is -2.09. The first-order chi connectivity index (χ1) is 8.58. The van der Waals surface area contributed by atoms with Crippen LogP contribution in [0.1, 0.15) is 36.0 Å². The summed E-state index contributed by atoms with van der Waals surface area (Å²) in [6.45, 7) is 0. The fraction of sp³-hybridized carbons (Fsp3) is 0.429. The standard InChI is InChI=1S/C14H15IO3/c15-12-4-2-1-3-11(12)13(16)8-9-5-6-10(7-9)14(17)18/h1-4,9-10H,5-8H2,(H,17,18)/t9-,10+/m0/s1. The zero-order valence-corrected chi connectivity index (χ0v) is 12.1. The summed E-state index contributed by atoms with van der Waals surface area (Å²) in [4.78, 5) is 23.0. The number of carboxylic acid groups (broad SMARTS) is 1. The van der Waals surface area contributed by atoms with Gasteiger partial charge in [0.15, 0.2) is 5.78 Å². The molecule has 0 saturated heterocycles. The number of ketones is 1. The van der Waals surface area contributed by atoms with Gasteiger partial charge in [-0.1, -0.05) is 18.2 Å². The van der Waals surface area contributed by atoms with Crippen LogP contribution in [0.3, 0.4) is 0 Å². The van der Waals surface area contributed by atoms with Gasteiger partial charge in [-0.15, -0.1) is 0 Å². The Kier molecular flexibility index (Phi) is 4.37. The number of carbonyl (C=O) groups is 2. The summed E-state index contributed by atoms with van der Waals surface area (Å²) in [6, 6.07) is 7.54. The number of aliphatic carboxylic acids is 1. The maximum Gasteiger partial charge on any atom is 0.306 e. The third kappa shape index (κ3) is 3.10. The summed E-state index contributed by atoms with van der Waals surface area (Å²) in [5.74, 6) is -0.609. The van der Waals surface area contributed by atoms with Crippen molar-refractivity contribution < 1.29 is 14.7 Å². The third-order valence-corrected chi connectivity index (χ3v) is 4.48. The van der Waals surface area contributed by atoms with Crippen LogP contribution in [0, 0.1) is 15.4 Å². The van der Waals surface area contributed by atoms with E-state index in [9.17, 15) is 9.59 Å². The van der Waals surface area contributed by atoms with Crippen molar-refractivity contribution in [1.29, 1.82) is 0 Å². The van der Waals surface area contributed by atoms with E-state index in [1.807, 2.05) is 24.3 Å². The van der Waals surface area contributed by atoms with E-state index in [0.717, 1.165) is 15.6 Å². The second kappa shape index (κ2) is 5.82. The van der Waals surface area contributed by atoms with Crippen molar-refractivity contribution in [3.05, 3.63) is 33.4 Å². The quantitative estimate of drug-likeness (QED) is 0.663. The average molecular weight is 358 g/mol. The van der Waals surface area contributed by atoms with Crippen LogP contribution in [-0.4, -0.2) is 16.9 Å². The second-order valence-electron chi connectivity index (χ2n) is 4.82. The molecule has 3 nitrogen and oxygen atoms in total. The number of rotatable bonds is 4. The summed E-state index contributed by atoms with van der Waals surface area (Å²) < 4.78 is 0.966. The minimum atomic E-state index is -0.723. The van der Waals surface area contributed by atoms with Crippen molar-refractivity contribution in [3.63, 3.8) is 0 Å². The maximum absolute atomic E-state index is 12.1. The van der Waals surface area contributed by atoms with E-state index in [-0.39, 0.29) is 17.6 Å². The van der Waals surface area contributed by atoms with Crippen molar-refractivity contribution in [2.45, 2.75) is 25.7 Å². The van der Waals surface area contributed by atoms with Crippen LogP contribution in [0.25, 0.3) is 0 Å². The molecule has 0 aromatic heterocycles. The van der Waals surface area contributed by atoms with E-state index >= 15 is 0 Å². The molecule has 0 spiro atoms. The van der Waals surface area contributed by atoms with Gasteiger partial charge in [-0.25, -0.2) is 0 Å². The highest BCUT2D eigenvalue weighted by molar-refractivity contribution is 14.1. The van der Waals surface area contributed by atoms with Gasteiger partial charge in [-0.05, 0) is 53.8 Å². The van der Waals surface area contributed by atoms with Crippen LogP contribution in [0.4, 0.5) is 0 Å². The first-order valence-corrected chi connectivity index (χ1v) is 7.16. The Balaban J connectivity index is 1.97. The second-order valence-corrected chi connectivity index (χ2v) is 5.98. The lowest BCUT2D eigenvalue weighted by Crippen LogP contribution is -2.11. The van der Waals surface area contributed by atoms with E-state index in [4.69, 9.17) is 5.11 Å². The number of carbonyl (C=O) groups excluding carboxylic acids is 1. The number of carboxylic acids is 1. The molecule has 0 aliphatic heterocycles. The fourth-order valence-corrected chi connectivity index (χ4v) is 3.23. The molecule has 2 atom stereocenters. The molecule has 18 heavy (non-hydrogen) atoms. The van der Waals surface area contributed by atoms with Crippen LogP contribution < -0.4 is 0 Å². The Morgan fingerprint density at radius 2 is 2.00 bits per heavy atom. The first-order valence-electron chi connectivity index (χ1n) is 6.08. The van der Waals surface area contributed by atoms with Gasteiger partial charge >= 0.3 is 5.97 Å². The number of Topliss-reactive ketones (excluding diaryl/α,β-unsaturated/α-hetero) is 1.